The van der Waals surface area contributed by atoms with E-state index in [1.807, 2.05) is 31.2 Å². The monoisotopic (exact) mass is 272 g/mol. The summed E-state index contributed by atoms with van der Waals surface area (Å²) >= 11 is 0. The van der Waals surface area contributed by atoms with Gasteiger partial charge in [-0.15, -0.1) is 0 Å². The molecular weight excluding hydrogens is 256 g/mol. The number of hydrogen-bond donors (Lipinski definition) is 0. The van der Waals surface area contributed by atoms with E-state index in [9.17, 15) is 8.42 Å². The summed E-state index contributed by atoms with van der Waals surface area (Å²) in [6, 6.07) is 13.0. The number of fused-ring (bicyclic) bond motifs is 2. The van der Waals surface area contributed by atoms with Crippen molar-refractivity contribution in [1.29, 1.82) is 0 Å². The predicted molar refractivity (Wildman–Crippen MR) is 75.2 cm³/mol. The lowest BCUT2D eigenvalue weighted by Crippen LogP contribution is -2.05. The van der Waals surface area contributed by atoms with Crippen LogP contribution < -0.4 is 0 Å². The van der Waals surface area contributed by atoms with Gasteiger partial charge in [0.05, 0.1) is 9.79 Å². The molecule has 0 fully saturated rings. The SMILES string of the molecule is Cc1ccc2c(c1)[C@H](C)Cc1ccccc1S2(=O)=O. The first-order valence-corrected chi connectivity index (χ1v) is 7.92. The molecule has 19 heavy (non-hydrogen) atoms. The molecule has 0 N–H and O–H groups in total. The highest BCUT2D eigenvalue weighted by Crippen LogP contribution is 2.37. The van der Waals surface area contributed by atoms with Crippen molar-refractivity contribution in [1.82, 2.24) is 0 Å². The molecule has 98 valence electrons. The highest BCUT2D eigenvalue weighted by molar-refractivity contribution is 7.91. The van der Waals surface area contributed by atoms with Crippen molar-refractivity contribution < 1.29 is 8.42 Å². The van der Waals surface area contributed by atoms with Crippen molar-refractivity contribution in [2.24, 2.45) is 0 Å². The Labute approximate surface area is 114 Å². The Morgan fingerprint density at radius 2 is 1.79 bits per heavy atom. The first-order chi connectivity index (χ1) is 9.00. The molecule has 0 aromatic heterocycles. The van der Waals surface area contributed by atoms with Crippen molar-refractivity contribution >= 4 is 9.84 Å². The summed E-state index contributed by atoms with van der Waals surface area (Å²) in [6.07, 6.45) is 0.770. The Kier molecular flexibility index (Phi) is 2.75. The number of hydrogen-bond acceptors (Lipinski definition) is 2. The summed E-state index contributed by atoms with van der Waals surface area (Å²) in [4.78, 5) is 0.931. The summed E-state index contributed by atoms with van der Waals surface area (Å²) < 4.78 is 25.5. The van der Waals surface area contributed by atoms with Gasteiger partial charge in [0.25, 0.3) is 0 Å². The third-order valence-corrected chi connectivity index (χ3v) is 5.70. The van der Waals surface area contributed by atoms with Crippen LogP contribution in [0.5, 0.6) is 0 Å². The van der Waals surface area contributed by atoms with E-state index in [1.54, 1.807) is 18.2 Å². The molecule has 0 bridgehead atoms. The minimum atomic E-state index is -3.39. The minimum Gasteiger partial charge on any atom is -0.218 e. The van der Waals surface area contributed by atoms with Gasteiger partial charge >= 0.3 is 0 Å². The normalized spacial score (nSPS) is 20.2. The second-order valence-corrected chi connectivity index (χ2v) is 7.14. The fourth-order valence-electron chi connectivity index (χ4n) is 2.79. The summed E-state index contributed by atoms with van der Waals surface area (Å²) in [5.74, 6) is 0.216. The smallest absolute Gasteiger partial charge is 0.207 e. The number of aryl methyl sites for hydroxylation is 1. The molecule has 2 nitrogen and oxygen atoms in total. The Hall–Kier alpha value is -1.61. The van der Waals surface area contributed by atoms with Gasteiger partial charge in [-0.25, -0.2) is 8.42 Å². The van der Waals surface area contributed by atoms with Gasteiger partial charge in [-0.1, -0.05) is 42.8 Å². The zero-order valence-electron chi connectivity index (χ0n) is 11.1. The summed E-state index contributed by atoms with van der Waals surface area (Å²) in [5, 5.41) is 0. The van der Waals surface area contributed by atoms with Gasteiger partial charge in [0.2, 0.25) is 9.84 Å². The van der Waals surface area contributed by atoms with Crippen molar-refractivity contribution in [2.45, 2.75) is 36.0 Å². The third-order valence-electron chi connectivity index (χ3n) is 3.77. The van der Waals surface area contributed by atoms with E-state index in [0.29, 0.717) is 9.79 Å². The molecule has 0 amide bonds. The van der Waals surface area contributed by atoms with Crippen molar-refractivity contribution in [3.05, 3.63) is 59.2 Å². The van der Waals surface area contributed by atoms with Crippen LogP contribution in [0.2, 0.25) is 0 Å². The molecule has 0 aliphatic carbocycles. The van der Waals surface area contributed by atoms with Crippen LogP contribution in [0.1, 0.15) is 29.5 Å². The third kappa shape index (κ3) is 1.89. The van der Waals surface area contributed by atoms with E-state index in [4.69, 9.17) is 0 Å². The van der Waals surface area contributed by atoms with Crippen molar-refractivity contribution in [2.75, 3.05) is 0 Å². The number of rotatable bonds is 0. The number of sulfone groups is 1. The summed E-state index contributed by atoms with van der Waals surface area (Å²) in [7, 11) is -3.39. The largest absolute Gasteiger partial charge is 0.218 e. The minimum absolute atomic E-state index is 0.216. The second-order valence-electron chi connectivity index (χ2n) is 5.26. The Balaban J connectivity index is 2.37. The molecule has 0 saturated heterocycles. The maximum Gasteiger partial charge on any atom is 0.207 e. The van der Waals surface area contributed by atoms with Crippen molar-refractivity contribution in [3.63, 3.8) is 0 Å². The average molecular weight is 272 g/mol. The molecule has 3 rings (SSSR count). The molecule has 0 spiro atoms. The van der Waals surface area contributed by atoms with E-state index in [1.165, 1.54) is 0 Å². The highest BCUT2D eigenvalue weighted by Gasteiger charge is 2.29. The second kappa shape index (κ2) is 4.20. The quantitative estimate of drug-likeness (QED) is 0.735. The summed E-state index contributed by atoms with van der Waals surface area (Å²) in [6.45, 7) is 4.09. The molecule has 1 heterocycles. The van der Waals surface area contributed by atoms with Crippen LogP contribution in [0, 0.1) is 6.92 Å². The maximum absolute atomic E-state index is 12.8. The molecule has 1 aliphatic rings. The van der Waals surface area contributed by atoms with E-state index in [-0.39, 0.29) is 5.92 Å². The van der Waals surface area contributed by atoms with Gasteiger partial charge in [0.15, 0.2) is 0 Å². The van der Waals surface area contributed by atoms with Gasteiger partial charge in [-0.2, -0.15) is 0 Å². The fraction of sp³-hybridized carbons (Fsp3) is 0.250. The van der Waals surface area contributed by atoms with Crippen LogP contribution in [-0.2, 0) is 16.3 Å². The fourth-order valence-corrected chi connectivity index (χ4v) is 4.60. The van der Waals surface area contributed by atoms with Crippen LogP contribution in [0.3, 0.4) is 0 Å². The Bertz CT molecular complexity index is 745. The van der Waals surface area contributed by atoms with Gasteiger partial charge in [-0.3, -0.25) is 0 Å². The molecule has 2 aromatic rings. The lowest BCUT2D eigenvalue weighted by atomic mass is 9.93. The van der Waals surface area contributed by atoms with E-state index >= 15 is 0 Å². The first-order valence-electron chi connectivity index (χ1n) is 6.43. The zero-order chi connectivity index (χ0) is 13.6. The molecular formula is C16H16O2S. The predicted octanol–water partition coefficient (Wildman–Crippen LogP) is 3.49. The van der Waals surface area contributed by atoms with E-state index in [2.05, 4.69) is 6.92 Å². The standard InChI is InChI=1S/C16H16O2S/c1-11-7-8-16-14(9-11)12(2)10-13-5-3-4-6-15(13)19(16,17)18/h3-9,12H,10H2,1-2H3/t12-/m1/s1. The maximum atomic E-state index is 12.8. The Morgan fingerprint density at radius 1 is 1.05 bits per heavy atom. The molecule has 2 aromatic carbocycles. The van der Waals surface area contributed by atoms with Crippen LogP contribution in [0.25, 0.3) is 0 Å². The molecule has 1 atom stereocenters. The molecule has 0 saturated carbocycles. The van der Waals surface area contributed by atoms with Crippen molar-refractivity contribution in [3.8, 4) is 0 Å². The van der Waals surface area contributed by atoms with Crippen LogP contribution >= 0.6 is 0 Å². The highest BCUT2D eigenvalue weighted by atomic mass is 32.2. The Morgan fingerprint density at radius 3 is 2.58 bits per heavy atom. The lowest BCUT2D eigenvalue weighted by molar-refractivity contribution is 0.595. The van der Waals surface area contributed by atoms with Gasteiger partial charge in [0, 0.05) is 0 Å². The topological polar surface area (TPSA) is 34.1 Å². The summed E-state index contributed by atoms with van der Waals surface area (Å²) in [5.41, 5.74) is 2.96. The average Bonchev–Trinajstić information content (AvgIpc) is 2.45. The van der Waals surface area contributed by atoms with Crippen LogP contribution in [0.4, 0.5) is 0 Å². The molecule has 0 unspecified atom stereocenters. The van der Waals surface area contributed by atoms with Gasteiger partial charge in [0.1, 0.15) is 0 Å². The van der Waals surface area contributed by atoms with Crippen LogP contribution in [0.15, 0.2) is 52.3 Å². The van der Waals surface area contributed by atoms with Gasteiger partial charge < -0.3 is 0 Å². The van der Waals surface area contributed by atoms with Crippen LogP contribution in [-0.4, -0.2) is 8.42 Å². The molecule has 0 radical (unpaired) electrons. The zero-order valence-corrected chi connectivity index (χ0v) is 11.9. The first kappa shape index (κ1) is 12.4. The number of benzene rings is 2. The van der Waals surface area contributed by atoms with Gasteiger partial charge in [-0.05, 0) is 42.5 Å². The molecule has 3 heteroatoms. The lowest BCUT2D eigenvalue weighted by Gasteiger charge is -2.12. The van der Waals surface area contributed by atoms with E-state index < -0.39 is 9.84 Å². The van der Waals surface area contributed by atoms with E-state index in [0.717, 1.165) is 23.1 Å². The molecule has 1 aliphatic heterocycles.